The molecule has 0 bridgehead atoms. The number of furan rings is 1. The standard InChI is InChI=1S/C10H18N2O/c1-7-5-6-8(13-7)9(12-11)10(2,3)4/h5-6,9,12H,11H2,1-4H3. The lowest BCUT2D eigenvalue weighted by Crippen LogP contribution is -2.36. The Hall–Kier alpha value is -0.800. The van der Waals surface area contributed by atoms with Crippen LogP contribution in [0.25, 0.3) is 0 Å². The lowest BCUT2D eigenvalue weighted by molar-refractivity contribution is 0.237. The summed E-state index contributed by atoms with van der Waals surface area (Å²) in [5, 5.41) is 0. The number of rotatable bonds is 2. The van der Waals surface area contributed by atoms with Gasteiger partial charge in [0.1, 0.15) is 11.5 Å². The Morgan fingerprint density at radius 2 is 2.00 bits per heavy atom. The zero-order chi connectivity index (χ0) is 10.1. The number of hydrogen-bond acceptors (Lipinski definition) is 3. The van der Waals surface area contributed by atoms with E-state index in [9.17, 15) is 0 Å². The van der Waals surface area contributed by atoms with Gasteiger partial charge in [-0.3, -0.25) is 5.84 Å². The van der Waals surface area contributed by atoms with Gasteiger partial charge >= 0.3 is 0 Å². The Balaban J connectivity index is 2.91. The highest BCUT2D eigenvalue weighted by Gasteiger charge is 2.27. The third-order valence-corrected chi connectivity index (χ3v) is 2.08. The Morgan fingerprint density at radius 1 is 1.38 bits per heavy atom. The van der Waals surface area contributed by atoms with E-state index in [2.05, 4.69) is 26.2 Å². The fraction of sp³-hybridized carbons (Fsp3) is 0.600. The Morgan fingerprint density at radius 3 is 2.31 bits per heavy atom. The van der Waals surface area contributed by atoms with Crippen molar-refractivity contribution in [3.63, 3.8) is 0 Å². The van der Waals surface area contributed by atoms with Crippen molar-refractivity contribution in [2.75, 3.05) is 0 Å². The summed E-state index contributed by atoms with van der Waals surface area (Å²) in [5.41, 5.74) is 2.83. The van der Waals surface area contributed by atoms with E-state index < -0.39 is 0 Å². The molecule has 1 unspecified atom stereocenters. The second-order valence-corrected chi connectivity index (χ2v) is 4.41. The van der Waals surface area contributed by atoms with E-state index >= 15 is 0 Å². The maximum Gasteiger partial charge on any atom is 0.122 e. The summed E-state index contributed by atoms with van der Waals surface area (Å²) in [6.45, 7) is 8.29. The topological polar surface area (TPSA) is 51.2 Å². The first-order valence-electron chi connectivity index (χ1n) is 4.47. The van der Waals surface area contributed by atoms with Gasteiger partial charge in [0.25, 0.3) is 0 Å². The first-order chi connectivity index (χ1) is 5.95. The largest absolute Gasteiger partial charge is 0.465 e. The molecule has 0 amide bonds. The summed E-state index contributed by atoms with van der Waals surface area (Å²) in [5.74, 6) is 7.30. The monoisotopic (exact) mass is 182 g/mol. The summed E-state index contributed by atoms with van der Waals surface area (Å²) < 4.78 is 5.52. The first-order valence-corrected chi connectivity index (χ1v) is 4.47. The highest BCUT2D eigenvalue weighted by atomic mass is 16.3. The van der Waals surface area contributed by atoms with Crippen molar-refractivity contribution >= 4 is 0 Å². The number of nitrogens with one attached hydrogen (secondary N) is 1. The quantitative estimate of drug-likeness (QED) is 0.544. The molecule has 13 heavy (non-hydrogen) atoms. The van der Waals surface area contributed by atoms with Gasteiger partial charge in [0, 0.05) is 0 Å². The number of aryl methyl sites for hydroxylation is 1. The second kappa shape index (κ2) is 3.52. The van der Waals surface area contributed by atoms with Crippen molar-refractivity contribution < 1.29 is 4.42 Å². The summed E-state index contributed by atoms with van der Waals surface area (Å²) in [6, 6.07) is 3.97. The van der Waals surface area contributed by atoms with E-state index in [1.165, 1.54) is 0 Å². The first kappa shape index (κ1) is 10.3. The van der Waals surface area contributed by atoms with Crippen LogP contribution in [0.2, 0.25) is 0 Å². The van der Waals surface area contributed by atoms with Crippen molar-refractivity contribution in [3.05, 3.63) is 23.7 Å². The van der Waals surface area contributed by atoms with Gasteiger partial charge < -0.3 is 4.42 Å². The molecule has 1 rings (SSSR count). The number of nitrogens with two attached hydrogens (primary N) is 1. The van der Waals surface area contributed by atoms with E-state index in [4.69, 9.17) is 10.3 Å². The molecule has 0 aliphatic carbocycles. The van der Waals surface area contributed by atoms with Crippen molar-refractivity contribution in [2.24, 2.45) is 11.3 Å². The third-order valence-electron chi connectivity index (χ3n) is 2.08. The maximum atomic E-state index is 5.52. The van der Waals surface area contributed by atoms with Gasteiger partial charge in [0.2, 0.25) is 0 Å². The molecule has 3 heteroatoms. The summed E-state index contributed by atoms with van der Waals surface area (Å²) in [6.07, 6.45) is 0. The molecule has 1 heterocycles. The van der Waals surface area contributed by atoms with Gasteiger partial charge in [-0.15, -0.1) is 0 Å². The zero-order valence-corrected chi connectivity index (χ0v) is 8.72. The van der Waals surface area contributed by atoms with Crippen molar-refractivity contribution in [3.8, 4) is 0 Å². The smallest absolute Gasteiger partial charge is 0.122 e. The number of hydrogen-bond donors (Lipinski definition) is 2. The van der Waals surface area contributed by atoms with Crippen LogP contribution in [-0.2, 0) is 0 Å². The molecule has 0 aromatic carbocycles. The van der Waals surface area contributed by atoms with E-state index in [0.717, 1.165) is 11.5 Å². The Bertz CT molecular complexity index is 273. The van der Waals surface area contributed by atoms with E-state index in [-0.39, 0.29) is 11.5 Å². The average molecular weight is 182 g/mol. The van der Waals surface area contributed by atoms with E-state index in [1.807, 2.05) is 19.1 Å². The summed E-state index contributed by atoms with van der Waals surface area (Å²) >= 11 is 0. The predicted molar refractivity (Wildman–Crippen MR) is 53.0 cm³/mol. The highest BCUT2D eigenvalue weighted by molar-refractivity contribution is 5.11. The fourth-order valence-corrected chi connectivity index (χ4v) is 1.37. The van der Waals surface area contributed by atoms with E-state index in [1.54, 1.807) is 0 Å². The van der Waals surface area contributed by atoms with E-state index in [0.29, 0.717) is 0 Å². The minimum atomic E-state index is 0.0546. The molecule has 0 aliphatic rings. The van der Waals surface area contributed by atoms with Crippen molar-refractivity contribution in [2.45, 2.75) is 33.7 Å². The summed E-state index contributed by atoms with van der Waals surface area (Å²) in [7, 11) is 0. The molecule has 0 spiro atoms. The molecule has 0 saturated carbocycles. The Labute approximate surface area is 79.3 Å². The van der Waals surface area contributed by atoms with Crippen LogP contribution in [0.3, 0.4) is 0 Å². The second-order valence-electron chi connectivity index (χ2n) is 4.41. The molecule has 1 atom stereocenters. The highest BCUT2D eigenvalue weighted by Crippen LogP contribution is 2.32. The predicted octanol–water partition coefficient (Wildman–Crippen LogP) is 2.14. The fourth-order valence-electron chi connectivity index (χ4n) is 1.37. The molecule has 1 aromatic rings. The molecular formula is C10H18N2O. The molecule has 3 N–H and O–H groups in total. The van der Waals surface area contributed by atoms with Crippen LogP contribution in [0, 0.1) is 12.3 Å². The van der Waals surface area contributed by atoms with Crippen LogP contribution in [0.4, 0.5) is 0 Å². The lowest BCUT2D eigenvalue weighted by Gasteiger charge is -2.28. The van der Waals surface area contributed by atoms with Gasteiger partial charge in [-0.2, -0.15) is 0 Å². The average Bonchev–Trinajstić information content (AvgIpc) is 2.34. The Kier molecular flexibility index (Phi) is 2.78. The SMILES string of the molecule is Cc1ccc(C(NN)C(C)(C)C)o1. The van der Waals surface area contributed by atoms with Crippen molar-refractivity contribution in [1.82, 2.24) is 5.43 Å². The van der Waals surface area contributed by atoms with Gasteiger partial charge in [0.05, 0.1) is 6.04 Å². The van der Waals surface area contributed by atoms with Gasteiger partial charge in [-0.05, 0) is 24.5 Å². The molecule has 74 valence electrons. The van der Waals surface area contributed by atoms with Crippen LogP contribution in [-0.4, -0.2) is 0 Å². The van der Waals surface area contributed by atoms with Crippen LogP contribution in [0.5, 0.6) is 0 Å². The lowest BCUT2D eigenvalue weighted by atomic mass is 9.86. The van der Waals surface area contributed by atoms with Gasteiger partial charge in [-0.1, -0.05) is 20.8 Å². The minimum absolute atomic E-state index is 0.0546. The molecule has 3 nitrogen and oxygen atoms in total. The zero-order valence-electron chi connectivity index (χ0n) is 8.72. The molecule has 0 radical (unpaired) electrons. The third kappa shape index (κ3) is 2.32. The normalized spacial score (nSPS) is 14.5. The molecule has 1 aromatic heterocycles. The number of hydrazine groups is 1. The minimum Gasteiger partial charge on any atom is -0.465 e. The van der Waals surface area contributed by atoms with Gasteiger partial charge in [0.15, 0.2) is 0 Å². The van der Waals surface area contributed by atoms with Crippen LogP contribution >= 0.6 is 0 Å². The van der Waals surface area contributed by atoms with Crippen molar-refractivity contribution in [1.29, 1.82) is 0 Å². The molecule has 0 saturated heterocycles. The van der Waals surface area contributed by atoms with Crippen LogP contribution in [0.1, 0.15) is 38.3 Å². The molecule has 0 aliphatic heterocycles. The van der Waals surface area contributed by atoms with Crippen LogP contribution < -0.4 is 11.3 Å². The molecular weight excluding hydrogens is 164 g/mol. The van der Waals surface area contributed by atoms with Crippen LogP contribution in [0.15, 0.2) is 16.5 Å². The van der Waals surface area contributed by atoms with Gasteiger partial charge in [-0.25, -0.2) is 5.43 Å². The summed E-state index contributed by atoms with van der Waals surface area (Å²) in [4.78, 5) is 0. The maximum absolute atomic E-state index is 5.52. The molecule has 0 fully saturated rings.